The fourth-order valence-electron chi connectivity index (χ4n) is 1.71. The summed E-state index contributed by atoms with van der Waals surface area (Å²) in [6.07, 6.45) is 1.90. The number of hydrogen-bond acceptors (Lipinski definition) is 3. The Labute approximate surface area is 123 Å². The van der Waals surface area contributed by atoms with Gasteiger partial charge in [-0.2, -0.15) is 0 Å². The van der Waals surface area contributed by atoms with Crippen LogP contribution in [0.3, 0.4) is 0 Å². The molecule has 0 bridgehead atoms. The molecule has 0 aromatic heterocycles. The van der Waals surface area contributed by atoms with Gasteiger partial charge in [-0.1, -0.05) is 13.8 Å². The van der Waals surface area contributed by atoms with Gasteiger partial charge in [-0.15, -0.1) is 0 Å². The molecular weight excluding hydrogens is 308 g/mol. The third-order valence-electron chi connectivity index (χ3n) is 2.96. The number of amides is 1. The zero-order chi connectivity index (χ0) is 14.3. The molecule has 4 nitrogen and oxygen atoms in total. The van der Waals surface area contributed by atoms with Crippen LogP contribution in [0.15, 0.2) is 22.7 Å². The molecule has 0 saturated carbocycles. The zero-order valence-corrected chi connectivity index (χ0v) is 13.2. The highest BCUT2D eigenvalue weighted by Gasteiger charge is 2.09. The number of benzene rings is 1. The molecule has 5 heteroatoms. The normalized spacial score (nSPS) is 10.4. The number of hydrogen-bond donors (Lipinski definition) is 2. The number of carbonyl (C=O) groups excluding carboxylic acids is 1. The molecule has 19 heavy (non-hydrogen) atoms. The summed E-state index contributed by atoms with van der Waals surface area (Å²) < 4.78 is 6.06. The standard InChI is InChI=1S/C14H21BrN2O2/c1-4-10(5-2)17-14(18)9-16-13-8-11(19-3)6-7-12(13)15/h6-8,10,16H,4-5,9H2,1-3H3,(H,17,18). The van der Waals surface area contributed by atoms with Crippen molar-refractivity contribution in [2.75, 3.05) is 19.0 Å². The van der Waals surface area contributed by atoms with Crippen LogP contribution in [0, 0.1) is 0 Å². The van der Waals surface area contributed by atoms with E-state index in [0.29, 0.717) is 0 Å². The average Bonchev–Trinajstić information content (AvgIpc) is 2.43. The largest absolute Gasteiger partial charge is 0.497 e. The van der Waals surface area contributed by atoms with Gasteiger partial charge < -0.3 is 15.4 Å². The minimum atomic E-state index is 0.00317. The maximum Gasteiger partial charge on any atom is 0.239 e. The summed E-state index contributed by atoms with van der Waals surface area (Å²) in [5.41, 5.74) is 0.846. The van der Waals surface area contributed by atoms with Crippen LogP contribution in [0.2, 0.25) is 0 Å². The molecule has 0 atom stereocenters. The highest BCUT2D eigenvalue weighted by Crippen LogP contribution is 2.26. The van der Waals surface area contributed by atoms with Crippen LogP contribution >= 0.6 is 15.9 Å². The first-order valence-electron chi connectivity index (χ1n) is 6.47. The number of nitrogens with one attached hydrogen (secondary N) is 2. The molecule has 0 saturated heterocycles. The zero-order valence-electron chi connectivity index (χ0n) is 11.6. The fourth-order valence-corrected chi connectivity index (χ4v) is 2.10. The molecule has 2 N–H and O–H groups in total. The monoisotopic (exact) mass is 328 g/mol. The van der Waals surface area contributed by atoms with Gasteiger partial charge in [-0.05, 0) is 40.9 Å². The van der Waals surface area contributed by atoms with Crippen molar-refractivity contribution < 1.29 is 9.53 Å². The number of anilines is 1. The lowest BCUT2D eigenvalue weighted by Crippen LogP contribution is -2.37. The Balaban J connectivity index is 2.54. The van der Waals surface area contributed by atoms with Gasteiger partial charge in [0.2, 0.25) is 5.91 Å². The Morgan fingerprint density at radius 3 is 2.63 bits per heavy atom. The van der Waals surface area contributed by atoms with E-state index in [1.165, 1.54) is 0 Å². The van der Waals surface area contributed by atoms with E-state index in [1.54, 1.807) is 7.11 Å². The number of ether oxygens (including phenoxy) is 1. The molecule has 0 aliphatic carbocycles. The van der Waals surface area contributed by atoms with Gasteiger partial charge in [0.05, 0.1) is 19.3 Å². The summed E-state index contributed by atoms with van der Waals surface area (Å²) in [5.74, 6) is 0.759. The lowest BCUT2D eigenvalue weighted by molar-refractivity contribution is -0.120. The second-order valence-corrected chi connectivity index (χ2v) is 5.13. The summed E-state index contributed by atoms with van der Waals surface area (Å²) in [6.45, 7) is 4.39. The fraction of sp³-hybridized carbons (Fsp3) is 0.500. The van der Waals surface area contributed by atoms with Crippen LogP contribution < -0.4 is 15.4 Å². The Hall–Kier alpha value is -1.23. The Morgan fingerprint density at radius 1 is 1.37 bits per heavy atom. The Kier molecular flexibility index (Phi) is 6.70. The third-order valence-corrected chi connectivity index (χ3v) is 3.66. The first-order chi connectivity index (χ1) is 9.10. The van der Waals surface area contributed by atoms with Crippen LogP contribution in [0.4, 0.5) is 5.69 Å². The van der Waals surface area contributed by atoms with Crippen molar-refractivity contribution in [3.63, 3.8) is 0 Å². The lowest BCUT2D eigenvalue weighted by Gasteiger charge is -2.16. The van der Waals surface area contributed by atoms with Crippen LogP contribution in [0.25, 0.3) is 0 Å². The van der Waals surface area contributed by atoms with Crippen LogP contribution in [-0.2, 0) is 4.79 Å². The molecule has 0 fully saturated rings. The van der Waals surface area contributed by atoms with E-state index in [0.717, 1.165) is 28.8 Å². The molecule has 1 rings (SSSR count). The number of rotatable bonds is 7. The van der Waals surface area contributed by atoms with E-state index in [-0.39, 0.29) is 18.5 Å². The van der Waals surface area contributed by atoms with Gasteiger partial charge in [0.25, 0.3) is 0 Å². The third kappa shape index (κ3) is 5.11. The van der Waals surface area contributed by atoms with Crippen LogP contribution in [0.1, 0.15) is 26.7 Å². The van der Waals surface area contributed by atoms with E-state index < -0.39 is 0 Å². The van der Waals surface area contributed by atoms with Crippen molar-refractivity contribution in [3.8, 4) is 5.75 Å². The molecule has 0 unspecified atom stereocenters. The second kappa shape index (κ2) is 8.04. The van der Waals surface area contributed by atoms with Gasteiger partial charge in [-0.3, -0.25) is 4.79 Å². The SMILES string of the molecule is CCC(CC)NC(=O)CNc1cc(OC)ccc1Br. The van der Waals surface area contributed by atoms with Gasteiger partial charge in [-0.25, -0.2) is 0 Å². The molecule has 1 aromatic carbocycles. The highest BCUT2D eigenvalue weighted by molar-refractivity contribution is 9.10. The number of carbonyl (C=O) groups is 1. The maximum atomic E-state index is 11.8. The molecule has 0 aliphatic heterocycles. The predicted octanol–water partition coefficient (Wildman–Crippen LogP) is 3.17. The Bertz CT molecular complexity index is 420. The molecule has 1 aromatic rings. The summed E-state index contributed by atoms with van der Waals surface area (Å²) in [6, 6.07) is 5.86. The molecule has 0 heterocycles. The first kappa shape index (κ1) is 15.8. The predicted molar refractivity (Wildman–Crippen MR) is 81.7 cm³/mol. The van der Waals surface area contributed by atoms with Gasteiger partial charge in [0.1, 0.15) is 5.75 Å². The smallest absolute Gasteiger partial charge is 0.239 e. The minimum absolute atomic E-state index is 0.00317. The van der Waals surface area contributed by atoms with Crippen LogP contribution in [0.5, 0.6) is 5.75 Å². The molecule has 106 valence electrons. The quantitative estimate of drug-likeness (QED) is 0.808. The second-order valence-electron chi connectivity index (χ2n) is 4.28. The van der Waals surface area contributed by atoms with Crippen molar-refractivity contribution >= 4 is 27.5 Å². The summed E-state index contributed by atoms with van der Waals surface area (Å²) in [5, 5.41) is 6.09. The molecule has 0 radical (unpaired) electrons. The van der Waals surface area contributed by atoms with E-state index in [2.05, 4.69) is 40.4 Å². The van der Waals surface area contributed by atoms with Gasteiger partial charge in [0.15, 0.2) is 0 Å². The van der Waals surface area contributed by atoms with Gasteiger partial charge in [0, 0.05) is 16.6 Å². The van der Waals surface area contributed by atoms with Crippen LogP contribution in [-0.4, -0.2) is 25.6 Å². The van der Waals surface area contributed by atoms with Crippen molar-refractivity contribution in [2.45, 2.75) is 32.7 Å². The van der Waals surface area contributed by atoms with E-state index in [1.807, 2.05) is 18.2 Å². The molecule has 0 spiro atoms. The van der Waals surface area contributed by atoms with E-state index in [4.69, 9.17) is 4.74 Å². The van der Waals surface area contributed by atoms with Crippen molar-refractivity contribution in [1.82, 2.24) is 5.32 Å². The summed E-state index contributed by atoms with van der Waals surface area (Å²) >= 11 is 3.44. The van der Waals surface area contributed by atoms with Crippen molar-refractivity contribution in [2.24, 2.45) is 0 Å². The lowest BCUT2D eigenvalue weighted by atomic mass is 10.2. The Morgan fingerprint density at radius 2 is 2.05 bits per heavy atom. The molecular formula is C14H21BrN2O2. The number of methoxy groups -OCH3 is 1. The first-order valence-corrected chi connectivity index (χ1v) is 7.26. The minimum Gasteiger partial charge on any atom is -0.497 e. The maximum absolute atomic E-state index is 11.8. The van der Waals surface area contributed by atoms with Gasteiger partial charge >= 0.3 is 0 Å². The summed E-state index contributed by atoms with van der Waals surface area (Å²) in [4.78, 5) is 11.8. The average molecular weight is 329 g/mol. The summed E-state index contributed by atoms with van der Waals surface area (Å²) in [7, 11) is 1.62. The van der Waals surface area contributed by atoms with E-state index >= 15 is 0 Å². The van der Waals surface area contributed by atoms with Crippen molar-refractivity contribution in [3.05, 3.63) is 22.7 Å². The molecule has 0 aliphatic rings. The van der Waals surface area contributed by atoms with E-state index in [9.17, 15) is 4.79 Å². The highest BCUT2D eigenvalue weighted by atomic mass is 79.9. The number of halogens is 1. The van der Waals surface area contributed by atoms with Crippen molar-refractivity contribution in [1.29, 1.82) is 0 Å². The molecule has 1 amide bonds. The topological polar surface area (TPSA) is 50.4 Å².